The molecule has 0 aliphatic heterocycles. The second-order valence-corrected chi connectivity index (χ2v) is 3.78. The molecule has 0 atom stereocenters. The molecule has 0 aliphatic carbocycles. The van der Waals surface area contributed by atoms with Crippen molar-refractivity contribution < 1.29 is 9.90 Å². The fraction of sp³-hybridized carbons (Fsp3) is 0.300. The average molecular weight is 284 g/mol. The van der Waals surface area contributed by atoms with Crippen LogP contribution in [0.2, 0.25) is 0 Å². The van der Waals surface area contributed by atoms with E-state index in [1.54, 1.807) is 0 Å². The summed E-state index contributed by atoms with van der Waals surface area (Å²) in [5, 5.41) is 11.7. The highest BCUT2D eigenvalue weighted by Gasteiger charge is 2.11. The first-order valence-corrected chi connectivity index (χ1v) is 5.37. The summed E-state index contributed by atoms with van der Waals surface area (Å²) in [7, 11) is 0. The van der Waals surface area contributed by atoms with Crippen molar-refractivity contribution in [3.05, 3.63) is 16.4 Å². The van der Waals surface area contributed by atoms with Crippen LogP contribution in [0.25, 0.3) is 0 Å². The molecule has 0 aromatic carbocycles. The molecule has 0 fully saturated rings. The zero-order valence-corrected chi connectivity index (χ0v) is 9.99. The Hall–Kier alpha value is -1.61. The Balaban J connectivity index is 2.65. The fourth-order valence-electron chi connectivity index (χ4n) is 0.993. The van der Waals surface area contributed by atoms with Crippen LogP contribution in [-0.4, -0.2) is 27.6 Å². The monoisotopic (exact) mass is 283 g/mol. The predicted molar refractivity (Wildman–Crippen MR) is 63.2 cm³/mol. The van der Waals surface area contributed by atoms with E-state index in [2.05, 4.69) is 37.1 Å². The molecule has 0 aliphatic rings. The van der Waals surface area contributed by atoms with Crippen LogP contribution in [0, 0.1) is 12.3 Å². The van der Waals surface area contributed by atoms with Gasteiger partial charge in [0.15, 0.2) is 5.69 Å². The van der Waals surface area contributed by atoms with Gasteiger partial charge in [-0.25, -0.2) is 14.8 Å². The van der Waals surface area contributed by atoms with Crippen LogP contribution >= 0.6 is 15.9 Å². The van der Waals surface area contributed by atoms with Crippen molar-refractivity contribution in [3.8, 4) is 12.3 Å². The normalized spacial score (nSPS) is 9.50. The zero-order valence-electron chi connectivity index (χ0n) is 8.40. The molecule has 1 heterocycles. The molecule has 84 valence electrons. The van der Waals surface area contributed by atoms with Crippen molar-refractivity contribution in [2.24, 2.45) is 0 Å². The van der Waals surface area contributed by atoms with Crippen LogP contribution in [0.3, 0.4) is 0 Å². The highest BCUT2D eigenvalue weighted by Crippen LogP contribution is 2.14. The summed E-state index contributed by atoms with van der Waals surface area (Å²) in [5.41, 5.74) is -0.0607. The van der Waals surface area contributed by atoms with E-state index in [0.717, 1.165) is 6.42 Å². The van der Waals surface area contributed by atoms with E-state index in [9.17, 15) is 4.79 Å². The molecule has 0 radical (unpaired) electrons. The molecule has 0 bridgehead atoms. The molecular weight excluding hydrogens is 274 g/mol. The maximum Gasteiger partial charge on any atom is 0.355 e. The first kappa shape index (κ1) is 12.5. The minimum absolute atomic E-state index is 0.0607. The molecule has 2 N–H and O–H groups in total. The highest BCUT2D eigenvalue weighted by molar-refractivity contribution is 9.10. The third-order valence-electron chi connectivity index (χ3n) is 1.73. The minimum Gasteiger partial charge on any atom is -0.476 e. The number of carbonyl (C=O) groups is 1. The topological polar surface area (TPSA) is 75.1 Å². The van der Waals surface area contributed by atoms with Gasteiger partial charge in [-0.1, -0.05) is 0 Å². The number of aromatic carboxylic acids is 1. The molecule has 0 saturated heterocycles. The van der Waals surface area contributed by atoms with Gasteiger partial charge in [-0.15, -0.1) is 12.3 Å². The quantitative estimate of drug-likeness (QED) is 0.636. The van der Waals surface area contributed by atoms with Gasteiger partial charge in [0.05, 0.1) is 4.47 Å². The molecule has 0 amide bonds. The van der Waals surface area contributed by atoms with Crippen molar-refractivity contribution in [2.45, 2.75) is 12.8 Å². The van der Waals surface area contributed by atoms with Crippen molar-refractivity contribution in [2.75, 3.05) is 11.9 Å². The average Bonchev–Trinajstić information content (AvgIpc) is 2.26. The predicted octanol–water partition coefficient (Wildman–Crippen LogP) is 1.76. The molecule has 1 rings (SSSR count). The van der Waals surface area contributed by atoms with Gasteiger partial charge in [0.25, 0.3) is 0 Å². The van der Waals surface area contributed by atoms with Gasteiger partial charge in [0, 0.05) is 19.2 Å². The highest BCUT2D eigenvalue weighted by atomic mass is 79.9. The fourth-order valence-corrected chi connectivity index (χ4v) is 1.35. The molecule has 5 nitrogen and oxygen atoms in total. The lowest BCUT2D eigenvalue weighted by molar-refractivity contribution is 0.0689. The Kier molecular flexibility index (Phi) is 4.73. The van der Waals surface area contributed by atoms with Crippen LogP contribution in [0.15, 0.2) is 10.7 Å². The van der Waals surface area contributed by atoms with Crippen molar-refractivity contribution >= 4 is 27.8 Å². The van der Waals surface area contributed by atoms with Crippen LogP contribution in [0.5, 0.6) is 0 Å². The van der Waals surface area contributed by atoms with E-state index in [-0.39, 0.29) is 11.6 Å². The lowest BCUT2D eigenvalue weighted by Crippen LogP contribution is -2.09. The van der Waals surface area contributed by atoms with Crippen molar-refractivity contribution in [1.82, 2.24) is 9.97 Å². The number of nitrogens with zero attached hydrogens (tertiary/aromatic N) is 2. The molecular formula is C10H10BrN3O2. The molecule has 0 saturated carbocycles. The summed E-state index contributed by atoms with van der Waals surface area (Å²) in [5.74, 6) is 1.70. The second-order valence-electron chi connectivity index (χ2n) is 2.93. The number of rotatable bonds is 5. The van der Waals surface area contributed by atoms with E-state index < -0.39 is 5.97 Å². The number of nitrogens with one attached hydrogen (secondary N) is 1. The number of carboxylic acids is 1. The zero-order chi connectivity index (χ0) is 12.0. The summed E-state index contributed by atoms with van der Waals surface area (Å²) in [6, 6.07) is 0. The van der Waals surface area contributed by atoms with E-state index in [1.807, 2.05) is 0 Å². The van der Waals surface area contributed by atoms with Crippen molar-refractivity contribution in [1.29, 1.82) is 0 Å². The standard InChI is InChI=1S/C10H10BrN3O2/c1-2-3-4-5-12-10-13-6-7(11)8(14-10)9(15)16/h1,6H,3-5H2,(H,15,16)(H,12,13,14). The molecule has 0 unspecified atom stereocenters. The molecule has 1 aromatic rings. The maximum atomic E-state index is 10.8. The van der Waals surface area contributed by atoms with Crippen LogP contribution in [0.1, 0.15) is 23.3 Å². The summed E-state index contributed by atoms with van der Waals surface area (Å²) < 4.78 is 0.356. The number of terminal acetylenes is 1. The molecule has 0 spiro atoms. The van der Waals surface area contributed by atoms with Gasteiger partial charge in [-0.05, 0) is 22.4 Å². The largest absolute Gasteiger partial charge is 0.476 e. The molecule has 1 aromatic heterocycles. The smallest absolute Gasteiger partial charge is 0.355 e. The van der Waals surface area contributed by atoms with Gasteiger partial charge >= 0.3 is 5.97 Å². The number of hydrogen-bond donors (Lipinski definition) is 2. The third kappa shape index (κ3) is 3.51. The number of hydrogen-bond acceptors (Lipinski definition) is 4. The summed E-state index contributed by atoms with van der Waals surface area (Å²) >= 11 is 3.06. The second kappa shape index (κ2) is 6.08. The number of unbranched alkanes of at least 4 members (excludes halogenated alkanes) is 1. The van der Waals surface area contributed by atoms with Gasteiger partial charge in [0.2, 0.25) is 5.95 Å². The van der Waals surface area contributed by atoms with Crippen LogP contribution in [-0.2, 0) is 0 Å². The Labute approximate surface area is 101 Å². The SMILES string of the molecule is C#CCCCNc1ncc(Br)c(C(=O)O)n1. The number of halogens is 1. The Morgan fingerprint density at radius 2 is 2.44 bits per heavy atom. The lowest BCUT2D eigenvalue weighted by Gasteiger charge is -2.04. The van der Waals surface area contributed by atoms with Crippen LogP contribution in [0.4, 0.5) is 5.95 Å². The van der Waals surface area contributed by atoms with E-state index in [0.29, 0.717) is 17.4 Å². The van der Waals surface area contributed by atoms with E-state index >= 15 is 0 Å². The number of carboxylic acid groups (broad SMARTS) is 1. The van der Waals surface area contributed by atoms with Crippen molar-refractivity contribution in [3.63, 3.8) is 0 Å². The first-order valence-electron chi connectivity index (χ1n) is 4.58. The lowest BCUT2D eigenvalue weighted by atomic mass is 10.3. The minimum atomic E-state index is -1.10. The Morgan fingerprint density at radius 1 is 1.69 bits per heavy atom. The molecule has 6 heteroatoms. The molecule has 16 heavy (non-hydrogen) atoms. The Morgan fingerprint density at radius 3 is 3.06 bits per heavy atom. The first-order chi connectivity index (χ1) is 7.65. The van der Waals surface area contributed by atoms with Crippen LogP contribution < -0.4 is 5.32 Å². The summed E-state index contributed by atoms with van der Waals surface area (Å²) in [6.45, 7) is 0.616. The number of anilines is 1. The van der Waals surface area contributed by atoms with E-state index in [4.69, 9.17) is 11.5 Å². The van der Waals surface area contributed by atoms with Gasteiger partial charge in [-0.2, -0.15) is 0 Å². The number of aromatic nitrogens is 2. The van der Waals surface area contributed by atoms with Gasteiger partial charge < -0.3 is 10.4 Å². The third-order valence-corrected chi connectivity index (χ3v) is 2.31. The maximum absolute atomic E-state index is 10.8. The van der Waals surface area contributed by atoms with E-state index in [1.165, 1.54) is 6.20 Å². The van der Waals surface area contributed by atoms with Gasteiger partial charge in [0.1, 0.15) is 0 Å². The summed E-state index contributed by atoms with van der Waals surface area (Å²) in [6.07, 6.45) is 7.95. The van der Waals surface area contributed by atoms with Gasteiger partial charge in [-0.3, -0.25) is 0 Å². The Bertz CT molecular complexity index is 429. The summed E-state index contributed by atoms with van der Waals surface area (Å²) in [4.78, 5) is 18.6.